The van der Waals surface area contributed by atoms with Crippen LogP contribution < -0.4 is 0 Å². The fourth-order valence-electron chi connectivity index (χ4n) is 1.71. The van der Waals surface area contributed by atoms with Crippen molar-refractivity contribution in [3.05, 3.63) is 24.8 Å². The molecule has 1 amide bonds. The lowest BCUT2D eigenvalue weighted by molar-refractivity contribution is -0.139. The van der Waals surface area contributed by atoms with Crippen LogP contribution in [0.5, 0.6) is 0 Å². The molecule has 0 saturated carbocycles. The molecule has 1 heterocycles. The molecule has 5 nitrogen and oxygen atoms in total. The van der Waals surface area contributed by atoms with Crippen molar-refractivity contribution in [2.75, 3.05) is 39.3 Å². The standard InChI is InChI=1S/C13H20N2O3/c1-4-12(16)15-7-5-14(6-8-15)9-10-18-13(17)11(2)3/h4H,1-2,5-10H2,3H3. The molecule has 5 heteroatoms. The van der Waals surface area contributed by atoms with Crippen molar-refractivity contribution in [2.24, 2.45) is 0 Å². The highest BCUT2D eigenvalue weighted by Gasteiger charge is 2.19. The summed E-state index contributed by atoms with van der Waals surface area (Å²) in [6, 6.07) is 0. The Bertz CT molecular complexity index is 344. The summed E-state index contributed by atoms with van der Waals surface area (Å²) < 4.78 is 5.02. The molecule has 1 rings (SSSR count). The second-order valence-corrected chi connectivity index (χ2v) is 4.29. The molecule has 1 aliphatic heterocycles. The van der Waals surface area contributed by atoms with Gasteiger partial charge in [0.1, 0.15) is 6.61 Å². The normalized spacial score (nSPS) is 16.2. The molecule has 100 valence electrons. The number of carbonyl (C=O) groups excluding carboxylic acids is 2. The molecule has 1 saturated heterocycles. The van der Waals surface area contributed by atoms with E-state index in [4.69, 9.17) is 4.74 Å². The van der Waals surface area contributed by atoms with Gasteiger partial charge in [0.2, 0.25) is 5.91 Å². The van der Waals surface area contributed by atoms with E-state index in [0.29, 0.717) is 31.8 Å². The molecular formula is C13H20N2O3. The summed E-state index contributed by atoms with van der Waals surface area (Å²) in [6.45, 7) is 12.6. The zero-order valence-corrected chi connectivity index (χ0v) is 10.9. The van der Waals surface area contributed by atoms with E-state index in [1.807, 2.05) is 0 Å². The van der Waals surface area contributed by atoms with E-state index in [9.17, 15) is 9.59 Å². The number of carbonyl (C=O) groups is 2. The maximum Gasteiger partial charge on any atom is 0.333 e. The van der Waals surface area contributed by atoms with Crippen LogP contribution in [0.3, 0.4) is 0 Å². The van der Waals surface area contributed by atoms with Gasteiger partial charge in [0.25, 0.3) is 0 Å². The van der Waals surface area contributed by atoms with Gasteiger partial charge in [-0.1, -0.05) is 13.2 Å². The van der Waals surface area contributed by atoms with E-state index in [1.165, 1.54) is 6.08 Å². The van der Waals surface area contributed by atoms with E-state index >= 15 is 0 Å². The van der Waals surface area contributed by atoms with E-state index in [-0.39, 0.29) is 11.9 Å². The van der Waals surface area contributed by atoms with E-state index < -0.39 is 0 Å². The quantitative estimate of drug-likeness (QED) is 0.526. The highest BCUT2D eigenvalue weighted by atomic mass is 16.5. The molecule has 0 atom stereocenters. The monoisotopic (exact) mass is 252 g/mol. The Kier molecular flexibility index (Phi) is 5.58. The molecule has 0 aliphatic carbocycles. The highest BCUT2D eigenvalue weighted by Crippen LogP contribution is 2.02. The lowest BCUT2D eigenvalue weighted by atomic mass is 10.3. The van der Waals surface area contributed by atoms with Gasteiger partial charge in [-0.05, 0) is 13.0 Å². The molecule has 0 spiro atoms. The Morgan fingerprint density at radius 2 is 1.89 bits per heavy atom. The maximum atomic E-state index is 11.4. The first kappa shape index (κ1) is 14.4. The summed E-state index contributed by atoms with van der Waals surface area (Å²) in [7, 11) is 0. The Morgan fingerprint density at radius 1 is 1.28 bits per heavy atom. The van der Waals surface area contributed by atoms with E-state index in [1.54, 1.807) is 11.8 Å². The Labute approximate surface area is 108 Å². The average molecular weight is 252 g/mol. The Balaban J connectivity index is 2.20. The Hall–Kier alpha value is -1.62. The van der Waals surface area contributed by atoms with Crippen LogP contribution in [0.15, 0.2) is 24.8 Å². The molecule has 0 unspecified atom stereocenters. The number of rotatable bonds is 5. The number of esters is 1. The van der Waals surface area contributed by atoms with Gasteiger partial charge < -0.3 is 9.64 Å². The van der Waals surface area contributed by atoms with Crippen molar-refractivity contribution in [3.63, 3.8) is 0 Å². The van der Waals surface area contributed by atoms with Crippen molar-refractivity contribution in [1.29, 1.82) is 0 Å². The molecule has 0 aromatic heterocycles. The molecular weight excluding hydrogens is 232 g/mol. The smallest absolute Gasteiger partial charge is 0.333 e. The fourth-order valence-corrected chi connectivity index (χ4v) is 1.71. The number of hydrogen-bond donors (Lipinski definition) is 0. The number of ether oxygens (including phenoxy) is 1. The molecule has 18 heavy (non-hydrogen) atoms. The SMILES string of the molecule is C=CC(=O)N1CCN(CCOC(=O)C(=C)C)CC1. The van der Waals surface area contributed by atoms with Crippen LogP contribution in [-0.4, -0.2) is 61.0 Å². The number of hydrogen-bond acceptors (Lipinski definition) is 4. The number of piperazine rings is 1. The predicted molar refractivity (Wildman–Crippen MR) is 69.0 cm³/mol. The number of nitrogens with zero attached hydrogens (tertiary/aromatic N) is 2. The molecule has 0 aromatic carbocycles. The summed E-state index contributed by atoms with van der Waals surface area (Å²) in [5.41, 5.74) is 0.413. The number of amides is 1. The highest BCUT2D eigenvalue weighted by molar-refractivity contribution is 5.87. The fraction of sp³-hybridized carbons (Fsp3) is 0.538. The van der Waals surface area contributed by atoms with Gasteiger partial charge in [0.15, 0.2) is 0 Å². The van der Waals surface area contributed by atoms with Crippen molar-refractivity contribution in [3.8, 4) is 0 Å². The van der Waals surface area contributed by atoms with Crippen molar-refractivity contribution < 1.29 is 14.3 Å². The van der Waals surface area contributed by atoms with Crippen LogP contribution in [0.4, 0.5) is 0 Å². The van der Waals surface area contributed by atoms with Gasteiger partial charge in [0, 0.05) is 38.3 Å². The molecule has 1 aliphatic rings. The van der Waals surface area contributed by atoms with E-state index in [0.717, 1.165) is 13.1 Å². The summed E-state index contributed by atoms with van der Waals surface area (Å²) in [5.74, 6) is -0.376. The van der Waals surface area contributed by atoms with Crippen LogP contribution in [-0.2, 0) is 14.3 Å². The first-order valence-corrected chi connectivity index (χ1v) is 6.01. The minimum Gasteiger partial charge on any atom is -0.461 e. The second-order valence-electron chi connectivity index (χ2n) is 4.29. The zero-order valence-electron chi connectivity index (χ0n) is 10.9. The van der Waals surface area contributed by atoms with Crippen LogP contribution in [0.1, 0.15) is 6.92 Å². The second kappa shape index (κ2) is 6.96. The van der Waals surface area contributed by atoms with Gasteiger partial charge in [-0.3, -0.25) is 9.69 Å². The van der Waals surface area contributed by atoms with Gasteiger partial charge in [-0.25, -0.2) is 4.79 Å². The third-order valence-corrected chi connectivity index (χ3v) is 2.85. The summed E-state index contributed by atoms with van der Waals surface area (Å²) in [6.07, 6.45) is 1.34. The lowest BCUT2D eigenvalue weighted by Crippen LogP contribution is -2.49. The maximum absolute atomic E-state index is 11.4. The molecule has 0 N–H and O–H groups in total. The average Bonchev–Trinajstić information content (AvgIpc) is 2.38. The summed E-state index contributed by atoms with van der Waals surface area (Å²) in [4.78, 5) is 26.5. The predicted octanol–water partition coefficient (Wildman–Crippen LogP) is 0.436. The molecule has 0 radical (unpaired) electrons. The largest absolute Gasteiger partial charge is 0.461 e. The summed E-state index contributed by atoms with van der Waals surface area (Å²) in [5, 5.41) is 0. The van der Waals surface area contributed by atoms with Gasteiger partial charge in [-0.2, -0.15) is 0 Å². The first-order valence-electron chi connectivity index (χ1n) is 6.01. The minimum absolute atomic E-state index is 0.0247. The topological polar surface area (TPSA) is 49.9 Å². The third kappa shape index (κ3) is 4.33. The van der Waals surface area contributed by atoms with Crippen LogP contribution in [0.2, 0.25) is 0 Å². The summed E-state index contributed by atoms with van der Waals surface area (Å²) >= 11 is 0. The third-order valence-electron chi connectivity index (χ3n) is 2.85. The van der Waals surface area contributed by atoms with Crippen molar-refractivity contribution >= 4 is 11.9 Å². The first-order chi connectivity index (χ1) is 8.54. The lowest BCUT2D eigenvalue weighted by Gasteiger charge is -2.33. The van der Waals surface area contributed by atoms with Crippen LogP contribution in [0.25, 0.3) is 0 Å². The van der Waals surface area contributed by atoms with Crippen molar-refractivity contribution in [1.82, 2.24) is 9.80 Å². The Morgan fingerprint density at radius 3 is 2.39 bits per heavy atom. The zero-order chi connectivity index (χ0) is 13.5. The van der Waals surface area contributed by atoms with Crippen LogP contribution in [0, 0.1) is 0 Å². The minimum atomic E-state index is -0.351. The van der Waals surface area contributed by atoms with Gasteiger partial charge in [0.05, 0.1) is 0 Å². The molecule has 0 bridgehead atoms. The van der Waals surface area contributed by atoms with Crippen LogP contribution >= 0.6 is 0 Å². The van der Waals surface area contributed by atoms with Gasteiger partial charge in [-0.15, -0.1) is 0 Å². The molecule has 0 aromatic rings. The van der Waals surface area contributed by atoms with Crippen molar-refractivity contribution in [2.45, 2.75) is 6.92 Å². The molecule has 1 fully saturated rings. The van der Waals surface area contributed by atoms with Gasteiger partial charge >= 0.3 is 5.97 Å². The van der Waals surface area contributed by atoms with E-state index in [2.05, 4.69) is 18.1 Å².